The van der Waals surface area contributed by atoms with E-state index in [0.717, 1.165) is 36.1 Å². The van der Waals surface area contributed by atoms with Crippen molar-refractivity contribution in [1.82, 2.24) is 14.8 Å². The molecule has 3 fully saturated rings. The molecule has 28 heavy (non-hydrogen) atoms. The lowest BCUT2D eigenvalue weighted by molar-refractivity contribution is -0.270. The Balaban J connectivity index is 1.35. The number of ether oxygens (including phenoxy) is 2. The molecule has 1 aromatic heterocycles. The molecule has 3 amide bonds. The van der Waals surface area contributed by atoms with Crippen molar-refractivity contribution in [2.75, 3.05) is 44.8 Å². The third kappa shape index (κ3) is 2.97. The molecule has 0 aliphatic carbocycles. The summed E-state index contributed by atoms with van der Waals surface area (Å²) in [5.41, 5.74) is 1.87. The van der Waals surface area contributed by atoms with Gasteiger partial charge in [-0.05, 0) is 31.3 Å². The van der Waals surface area contributed by atoms with Gasteiger partial charge in [0, 0.05) is 48.7 Å². The van der Waals surface area contributed by atoms with Gasteiger partial charge in [-0.1, -0.05) is 0 Å². The number of hydrogen-bond donors (Lipinski definition) is 1. The largest absolute Gasteiger partial charge is 0.346 e. The molecule has 3 saturated heterocycles. The second-order valence-electron chi connectivity index (χ2n) is 7.90. The summed E-state index contributed by atoms with van der Waals surface area (Å²) >= 11 is 0. The number of likely N-dealkylation sites (tertiary alicyclic amines) is 1. The average molecular weight is 384 g/mol. The molecule has 1 spiro atoms. The zero-order valence-electron chi connectivity index (χ0n) is 15.9. The average Bonchev–Trinajstić information content (AvgIpc) is 3.26. The van der Waals surface area contributed by atoms with Gasteiger partial charge in [0.15, 0.2) is 5.79 Å². The van der Waals surface area contributed by atoms with Crippen molar-refractivity contribution >= 4 is 28.5 Å². The Bertz CT molecular complexity index is 931. The van der Waals surface area contributed by atoms with Crippen LogP contribution in [0.1, 0.15) is 18.9 Å². The van der Waals surface area contributed by atoms with Crippen LogP contribution < -0.4 is 10.2 Å². The second kappa shape index (κ2) is 6.58. The smallest absolute Gasteiger partial charge is 0.328 e. The number of amides is 3. The molecule has 0 saturated carbocycles. The highest BCUT2D eigenvalue weighted by Crippen LogP contribution is 2.34. The number of carbonyl (C=O) groups is 2. The van der Waals surface area contributed by atoms with Gasteiger partial charge >= 0.3 is 6.03 Å². The molecule has 3 aliphatic heterocycles. The molecule has 5 rings (SSSR count). The first kappa shape index (κ1) is 17.7. The predicted octanol–water partition coefficient (Wildman–Crippen LogP) is 1.71. The van der Waals surface area contributed by atoms with Gasteiger partial charge in [-0.2, -0.15) is 0 Å². The Morgan fingerprint density at radius 2 is 1.96 bits per heavy atom. The first-order chi connectivity index (χ1) is 13.5. The zero-order valence-corrected chi connectivity index (χ0v) is 15.9. The number of hydrogen-bond acceptors (Lipinski definition) is 5. The first-order valence-corrected chi connectivity index (χ1v) is 9.71. The molecular weight excluding hydrogens is 360 g/mol. The molecule has 0 atom stereocenters. The topological polar surface area (TPSA) is 76.0 Å². The molecule has 0 unspecified atom stereocenters. The molecule has 0 radical (unpaired) electrons. The van der Waals surface area contributed by atoms with Crippen LogP contribution in [0.15, 0.2) is 30.5 Å². The summed E-state index contributed by atoms with van der Waals surface area (Å²) in [6.07, 6.45) is 3.27. The van der Waals surface area contributed by atoms with E-state index < -0.39 is 5.79 Å². The third-order valence-corrected chi connectivity index (χ3v) is 5.93. The van der Waals surface area contributed by atoms with Crippen LogP contribution >= 0.6 is 0 Å². The maximum absolute atomic E-state index is 12.1. The van der Waals surface area contributed by atoms with E-state index in [0.29, 0.717) is 26.2 Å². The number of urea groups is 1. The van der Waals surface area contributed by atoms with Crippen molar-refractivity contribution in [3.8, 4) is 0 Å². The molecular formula is C20H24N4O4. The fraction of sp³-hybridized carbons (Fsp3) is 0.500. The third-order valence-electron chi connectivity index (χ3n) is 5.93. The minimum Gasteiger partial charge on any atom is -0.346 e. The summed E-state index contributed by atoms with van der Waals surface area (Å²) in [5, 5.41) is 3.41. The van der Waals surface area contributed by atoms with Gasteiger partial charge in [-0.15, -0.1) is 0 Å². The Kier molecular flexibility index (Phi) is 4.15. The maximum atomic E-state index is 12.1. The number of anilines is 1. The van der Waals surface area contributed by atoms with Crippen molar-refractivity contribution < 1.29 is 19.1 Å². The molecule has 1 N–H and O–H groups in total. The normalized spacial score (nSPS) is 29.0. The van der Waals surface area contributed by atoms with Crippen LogP contribution in [0.3, 0.4) is 0 Å². The number of nitrogens with zero attached hydrogens (tertiary/aromatic N) is 3. The molecule has 1 aromatic carbocycles. The van der Waals surface area contributed by atoms with Gasteiger partial charge in [-0.3, -0.25) is 15.0 Å². The van der Waals surface area contributed by atoms with Crippen LogP contribution in [0, 0.1) is 0 Å². The number of fused-ring (bicyclic) bond motifs is 1. The van der Waals surface area contributed by atoms with Gasteiger partial charge in [0.25, 0.3) is 0 Å². The summed E-state index contributed by atoms with van der Waals surface area (Å²) in [5.74, 6) is -0.669. The van der Waals surface area contributed by atoms with Gasteiger partial charge in [0.05, 0.1) is 25.8 Å². The molecule has 3 aliphatic rings. The van der Waals surface area contributed by atoms with E-state index in [9.17, 15) is 9.59 Å². The van der Waals surface area contributed by atoms with E-state index in [4.69, 9.17) is 9.47 Å². The van der Waals surface area contributed by atoms with Crippen LogP contribution in [0.2, 0.25) is 0 Å². The number of aromatic nitrogens is 1. The SMILES string of the molecule is CN1CCC2(C1)OCC(n1ccc3cc(N4CCC(=O)NC4=O)ccc31)CO2. The van der Waals surface area contributed by atoms with Crippen molar-refractivity contribution in [2.45, 2.75) is 24.7 Å². The highest BCUT2D eigenvalue weighted by Gasteiger charge is 2.43. The standard InChI is InChI=1S/C20H24N4O4/c1-22-9-6-20(13-22)27-11-16(12-28-20)23-7-4-14-10-15(2-3-17(14)23)24-8-5-18(25)21-19(24)26/h2-4,7,10,16H,5-6,8-9,11-13H2,1H3,(H,21,25,26). The Labute approximate surface area is 163 Å². The summed E-state index contributed by atoms with van der Waals surface area (Å²) in [6.45, 7) is 3.45. The second-order valence-corrected chi connectivity index (χ2v) is 7.90. The van der Waals surface area contributed by atoms with Gasteiger partial charge in [0.1, 0.15) is 0 Å². The van der Waals surface area contributed by atoms with Crippen molar-refractivity contribution in [1.29, 1.82) is 0 Å². The zero-order chi connectivity index (χ0) is 19.3. The summed E-state index contributed by atoms with van der Waals surface area (Å²) in [7, 11) is 2.09. The number of nitrogens with one attached hydrogen (secondary N) is 1. The molecule has 8 nitrogen and oxygen atoms in total. The number of likely N-dealkylation sites (N-methyl/N-ethyl adjacent to an activating group) is 1. The Morgan fingerprint density at radius 3 is 2.68 bits per heavy atom. The van der Waals surface area contributed by atoms with Crippen molar-refractivity contribution in [2.24, 2.45) is 0 Å². The van der Waals surface area contributed by atoms with Crippen molar-refractivity contribution in [3.63, 3.8) is 0 Å². The number of carbonyl (C=O) groups excluding carboxylic acids is 2. The minimum atomic E-state index is -0.444. The predicted molar refractivity (Wildman–Crippen MR) is 103 cm³/mol. The van der Waals surface area contributed by atoms with Gasteiger partial charge < -0.3 is 18.9 Å². The minimum absolute atomic E-state index is 0.121. The maximum Gasteiger partial charge on any atom is 0.328 e. The molecule has 2 aromatic rings. The van der Waals surface area contributed by atoms with E-state index in [2.05, 4.69) is 21.8 Å². The summed E-state index contributed by atoms with van der Waals surface area (Å²) in [4.78, 5) is 27.3. The monoisotopic (exact) mass is 384 g/mol. The molecule has 8 heteroatoms. The summed E-state index contributed by atoms with van der Waals surface area (Å²) < 4.78 is 14.5. The van der Waals surface area contributed by atoms with Crippen LogP contribution in [-0.2, 0) is 14.3 Å². The van der Waals surface area contributed by atoms with Crippen LogP contribution in [0.25, 0.3) is 10.9 Å². The Hall–Kier alpha value is -2.42. The quantitative estimate of drug-likeness (QED) is 0.853. The fourth-order valence-electron chi connectivity index (χ4n) is 4.36. The lowest BCUT2D eigenvalue weighted by Gasteiger charge is -2.38. The highest BCUT2D eigenvalue weighted by atomic mass is 16.7. The van der Waals surface area contributed by atoms with E-state index in [-0.39, 0.29) is 18.0 Å². The molecule has 4 heterocycles. The van der Waals surface area contributed by atoms with E-state index >= 15 is 0 Å². The highest BCUT2D eigenvalue weighted by molar-refractivity contribution is 6.06. The number of rotatable bonds is 2. The number of benzene rings is 1. The molecule has 0 bridgehead atoms. The van der Waals surface area contributed by atoms with Crippen LogP contribution in [0.5, 0.6) is 0 Å². The van der Waals surface area contributed by atoms with E-state index in [1.165, 1.54) is 0 Å². The lowest BCUT2D eigenvalue weighted by Crippen LogP contribution is -2.49. The summed E-state index contributed by atoms with van der Waals surface area (Å²) in [6, 6.07) is 7.72. The van der Waals surface area contributed by atoms with Gasteiger partial charge in [-0.25, -0.2) is 4.79 Å². The fourth-order valence-corrected chi connectivity index (χ4v) is 4.36. The number of imide groups is 1. The van der Waals surface area contributed by atoms with E-state index in [1.54, 1.807) is 4.90 Å². The van der Waals surface area contributed by atoms with Crippen LogP contribution in [0.4, 0.5) is 10.5 Å². The van der Waals surface area contributed by atoms with Crippen LogP contribution in [-0.4, -0.2) is 67.1 Å². The van der Waals surface area contributed by atoms with Crippen molar-refractivity contribution in [3.05, 3.63) is 30.5 Å². The lowest BCUT2D eigenvalue weighted by atomic mass is 10.1. The van der Waals surface area contributed by atoms with Gasteiger partial charge in [0.2, 0.25) is 5.91 Å². The molecule has 148 valence electrons. The first-order valence-electron chi connectivity index (χ1n) is 9.71. The van der Waals surface area contributed by atoms with E-state index in [1.807, 2.05) is 30.5 Å². The Morgan fingerprint density at radius 1 is 1.14 bits per heavy atom.